The average molecular weight is 300 g/mol. The summed E-state index contributed by atoms with van der Waals surface area (Å²) in [5.41, 5.74) is 1.29. The van der Waals surface area contributed by atoms with Gasteiger partial charge in [-0.1, -0.05) is 30.3 Å². The normalized spacial score (nSPS) is 22.7. The van der Waals surface area contributed by atoms with Crippen molar-refractivity contribution in [2.45, 2.75) is 51.1 Å². The zero-order valence-corrected chi connectivity index (χ0v) is 13.1. The Balaban J connectivity index is 1.44. The molecule has 1 aliphatic carbocycles. The van der Waals surface area contributed by atoms with Gasteiger partial charge in [0.1, 0.15) is 0 Å². The number of likely N-dealkylation sites (tertiary alicyclic amines) is 1. The van der Waals surface area contributed by atoms with E-state index in [1.54, 1.807) is 0 Å². The van der Waals surface area contributed by atoms with E-state index < -0.39 is 0 Å². The van der Waals surface area contributed by atoms with Crippen molar-refractivity contribution >= 4 is 11.8 Å². The largest absolute Gasteiger partial charge is 0.353 e. The molecule has 0 spiro atoms. The first-order valence-corrected chi connectivity index (χ1v) is 8.27. The summed E-state index contributed by atoms with van der Waals surface area (Å²) in [5, 5.41) is 3.07. The molecule has 1 heterocycles. The molecule has 1 N–H and O–H groups in total. The molecule has 1 saturated heterocycles. The fraction of sp³-hybridized carbons (Fsp3) is 0.556. The summed E-state index contributed by atoms with van der Waals surface area (Å²) < 4.78 is 0. The number of carbonyl (C=O) groups excluding carboxylic acids is 2. The van der Waals surface area contributed by atoms with Gasteiger partial charge >= 0.3 is 0 Å². The molecular formula is C18H24N2O2. The van der Waals surface area contributed by atoms with E-state index >= 15 is 0 Å². The molecule has 0 aromatic heterocycles. The molecule has 22 heavy (non-hydrogen) atoms. The maximum absolute atomic E-state index is 12.3. The van der Waals surface area contributed by atoms with Gasteiger partial charge in [-0.05, 0) is 38.2 Å². The van der Waals surface area contributed by atoms with E-state index in [4.69, 9.17) is 0 Å². The van der Waals surface area contributed by atoms with E-state index in [0.717, 1.165) is 25.7 Å². The van der Waals surface area contributed by atoms with Gasteiger partial charge in [-0.15, -0.1) is 0 Å². The number of rotatable bonds is 6. The van der Waals surface area contributed by atoms with Crippen LogP contribution in [0.1, 0.15) is 38.2 Å². The van der Waals surface area contributed by atoms with Crippen molar-refractivity contribution in [2.24, 2.45) is 5.92 Å². The summed E-state index contributed by atoms with van der Waals surface area (Å²) in [4.78, 5) is 26.1. The van der Waals surface area contributed by atoms with Gasteiger partial charge in [0.25, 0.3) is 0 Å². The molecule has 0 unspecified atom stereocenters. The smallest absolute Gasteiger partial charge is 0.225 e. The standard InChI is InChI=1S/C18H24N2O2/c1-13(7-8-14-5-3-2-4-6-14)19-18(22)15-11-17(21)20(12-15)16-9-10-16/h2-6,13,15-16H,7-12H2,1H3,(H,19,22)/t13-,15+/m1/s1. The predicted octanol–water partition coefficient (Wildman–Crippen LogP) is 2.13. The molecule has 1 aliphatic heterocycles. The number of nitrogens with zero attached hydrogens (tertiary/aromatic N) is 1. The van der Waals surface area contributed by atoms with Crippen molar-refractivity contribution in [1.29, 1.82) is 0 Å². The van der Waals surface area contributed by atoms with Crippen molar-refractivity contribution in [2.75, 3.05) is 6.54 Å². The highest BCUT2D eigenvalue weighted by Gasteiger charge is 2.41. The molecular weight excluding hydrogens is 276 g/mol. The molecule has 4 nitrogen and oxygen atoms in total. The summed E-state index contributed by atoms with van der Waals surface area (Å²) in [6.45, 7) is 2.65. The monoisotopic (exact) mass is 300 g/mol. The van der Waals surface area contributed by atoms with Crippen LogP contribution in [0.5, 0.6) is 0 Å². The number of aryl methyl sites for hydroxylation is 1. The van der Waals surface area contributed by atoms with Crippen LogP contribution in [-0.2, 0) is 16.0 Å². The number of benzene rings is 1. The minimum atomic E-state index is -0.160. The van der Waals surface area contributed by atoms with Crippen molar-refractivity contribution < 1.29 is 9.59 Å². The van der Waals surface area contributed by atoms with Gasteiger partial charge in [-0.3, -0.25) is 9.59 Å². The van der Waals surface area contributed by atoms with Gasteiger partial charge in [-0.2, -0.15) is 0 Å². The summed E-state index contributed by atoms with van der Waals surface area (Å²) in [7, 11) is 0. The van der Waals surface area contributed by atoms with E-state index in [9.17, 15) is 9.59 Å². The van der Waals surface area contributed by atoms with Crippen LogP contribution in [0.15, 0.2) is 30.3 Å². The molecule has 0 bridgehead atoms. The van der Waals surface area contributed by atoms with Gasteiger partial charge in [0.15, 0.2) is 0 Å². The van der Waals surface area contributed by atoms with Gasteiger partial charge in [0, 0.05) is 25.0 Å². The Morgan fingerprint density at radius 3 is 2.73 bits per heavy atom. The highest BCUT2D eigenvalue weighted by molar-refractivity contribution is 5.89. The molecule has 2 fully saturated rings. The third-order valence-corrected chi connectivity index (χ3v) is 4.61. The second kappa shape index (κ2) is 6.51. The molecule has 2 atom stereocenters. The Labute approximate surface area is 131 Å². The first-order valence-electron chi connectivity index (χ1n) is 8.27. The molecule has 118 valence electrons. The first-order chi connectivity index (χ1) is 10.6. The van der Waals surface area contributed by atoms with Crippen molar-refractivity contribution in [3.8, 4) is 0 Å². The van der Waals surface area contributed by atoms with Crippen molar-refractivity contribution in [3.63, 3.8) is 0 Å². The second-order valence-electron chi connectivity index (χ2n) is 6.61. The Bertz CT molecular complexity index is 539. The average Bonchev–Trinajstić information content (AvgIpc) is 3.28. The molecule has 1 aromatic carbocycles. The molecule has 3 rings (SSSR count). The lowest BCUT2D eigenvalue weighted by Gasteiger charge is -2.18. The lowest BCUT2D eigenvalue weighted by molar-refractivity contribution is -0.129. The van der Waals surface area contributed by atoms with Crippen LogP contribution in [0.25, 0.3) is 0 Å². The fourth-order valence-electron chi connectivity index (χ4n) is 3.11. The summed E-state index contributed by atoms with van der Waals surface area (Å²) >= 11 is 0. The van der Waals surface area contributed by atoms with Crippen molar-refractivity contribution in [3.05, 3.63) is 35.9 Å². The minimum absolute atomic E-state index is 0.0389. The number of hydrogen-bond donors (Lipinski definition) is 1. The Morgan fingerprint density at radius 1 is 1.32 bits per heavy atom. The Kier molecular flexibility index (Phi) is 4.46. The van der Waals surface area contributed by atoms with Gasteiger partial charge in [-0.25, -0.2) is 0 Å². The lowest BCUT2D eigenvalue weighted by Crippen LogP contribution is -2.38. The van der Waals surface area contributed by atoms with Gasteiger partial charge in [0.2, 0.25) is 11.8 Å². The van der Waals surface area contributed by atoms with Crippen molar-refractivity contribution in [1.82, 2.24) is 10.2 Å². The minimum Gasteiger partial charge on any atom is -0.353 e. The first kappa shape index (κ1) is 15.1. The summed E-state index contributed by atoms with van der Waals surface area (Å²) in [5.74, 6) is 0.0314. The van der Waals surface area contributed by atoms with E-state index in [-0.39, 0.29) is 23.8 Å². The van der Waals surface area contributed by atoms with E-state index in [1.165, 1.54) is 5.56 Å². The highest BCUT2D eigenvalue weighted by atomic mass is 16.2. The molecule has 1 saturated carbocycles. The molecule has 4 heteroatoms. The van der Waals surface area contributed by atoms with Crippen LogP contribution in [0.4, 0.5) is 0 Å². The number of carbonyl (C=O) groups is 2. The van der Waals surface area contributed by atoms with Crippen LogP contribution in [0, 0.1) is 5.92 Å². The summed E-state index contributed by atoms with van der Waals surface area (Å²) in [6.07, 6.45) is 4.47. The molecule has 1 aromatic rings. The van der Waals surface area contributed by atoms with Crippen LogP contribution < -0.4 is 5.32 Å². The SMILES string of the molecule is C[C@H](CCc1ccccc1)NC(=O)[C@H]1CC(=O)N(C2CC2)C1. The zero-order chi connectivity index (χ0) is 15.5. The maximum atomic E-state index is 12.3. The molecule has 0 radical (unpaired) electrons. The van der Waals surface area contributed by atoms with Crippen LogP contribution in [-0.4, -0.2) is 35.3 Å². The maximum Gasteiger partial charge on any atom is 0.225 e. The van der Waals surface area contributed by atoms with Gasteiger partial charge < -0.3 is 10.2 Å². The molecule has 2 amide bonds. The number of nitrogens with one attached hydrogen (secondary N) is 1. The Morgan fingerprint density at radius 2 is 2.05 bits per heavy atom. The number of hydrogen-bond acceptors (Lipinski definition) is 2. The van der Waals surface area contributed by atoms with Crippen LogP contribution >= 0.6 is 0 Å². The van der Waals surface area contributed by atoms with Gasteiger partial charge in [0.05, 0.1) is 5.92 Å². The fourth-order valence-corrected chi connectivity index (χ4v) is 3.11. The number of amides is 2. The topological polar surface area (TPSA) is 49.4 Å². The highest BCUT2D eigenvalue weighted by Crippen LogP contribution is 2.32. The van der Waals surface area contributed by atoms with E-state index in [1.807, 2.05) is 30.0 Å². The predicted molar refractivity (Wildman–Crippen MR) is 85.2 cm³/mol. The summed E-state index contributed by atoms with van der Waals surface area (Å²) in [6, 6.07) is 10.9. The lowest BCUT2D eigenvalue weighted by atomic mass is 10.0. The van der Waals surface area contributed by atoms with Crippen LogP contribution in [0.3, 0.4) is 0 Å². The third kappa shape index (κ3) is 3.67. The molecule has 2 aliphatic rings. The zero-order valence-electron chi connectivity index (χ0n) is 13.1. The second-order valence-corrected chi connectivity index (χ2v) is 6.61. The van der Waals surface area contributed by atoms with E-state index in [2.05, 4.69) is 17.4 Å². The van der Waals surface area contributed by atoms with E-state index in [0.29, 0.717) is 19.0 Å². The third-order valence-electron chi connectivity index (χ3n) is 4.61. The van der Waals surface area contributed by atoms with Crippen LogP contribution in [0.2, 0.25) is 0 Å². The quantitative estimate of drug-likeness (QED) is 0.875. The Hall–Kier alpha value is -1.84.